The summed E-state index contributed by atoms with van der Waals surface area (Å²) in [5, 5.41) is 8.13. The number of halogens is 2. The van der Waals surface area contributed by atoms with Gasteiger partial charge in [-0.2, -0.15) is 0 Å². The molecule has 1 aromatic heterocycles. The number of hydrogen-bond donors (Lipinski definition) is 0. The smallest absolute Gasteiger partial charge is 0.132 e. The lowest BCUT2D eigenvalue weighted by atomic mass is 9.90. The van der Waals surface area contributed by atoms with Crippen molar-refractivity contribution in [2.45, 2.75) is 30.8 Å². The number of nitrogens with zero attached hydrogens (tertiary/aromatic N) is 3. The first-order valence-electron chi connectivity index (χ1n) is 5.75. The van der Waals surface area contributed by atoms with Crippen LogP contribution in [0.2, 0.25) is 0 Å². The maximum absolute atomic E-state index is 4.13. The SMILES string of the molecule is CN1C2C=CC(c3cc(Br)nnc3Br)C1CC2. The molecule has 0 amide bonds. The highest BCUT2D eigenvalue weighted by atomic mass is 79.9. The standard InChI is InChI=1S/C12H13Br2N3/c1-17-7-2-4-8(10(17)5-3-7)9-6-11(13)15-16-12(9)14/h2,4,6-8,10H,3,5H2,1H3. The summed E-state index contributed by atoms with van der Waals surface area (Å²) in [7, 11) is 2.22. The molecular weight excluding hydrogens is 346 g/mol. The van der Waals surface area contributed by atoms with Crippen molar-refractivity contribution in [3.8, 4) is 0 Å². The van der Waals surface area contributed by atoms with E-state index in [0.717, 1.165) is 9.21 Å². The van der Waals surface area contributed by atoms with Gasteiger partial charge in [0.25, 0.3) is 0 Å². The third kappa shape index (κ3) is 1.98. The van der Waals surface area contributed by atoms with E-state index in [2.05, 4.69) is 72.2 Å². The van der Waals surface area contributed by atoms with Crippen LogP contribution in [-0.4, -0.2) is 34.2 Å². The van der Waals surface area contributed by atoms with Crippen molar-refractivity contribution in [1.29, 1.82) is 0 Å². The fourth-order valence-electron chi connectivity index (χ4n) is 2.95. The molecule has 0 spiro atoms. The molecule has 3 unspecified atom stereocenters. The zero-order chi connectivity index (χ0) is 12.0. The zero-order valence-corrected chi connectivity index (χ0v) is 12.6. The van der Waals surface area contributed by atoms with Crippen molar-refractivity contribution in [3.63, 3.8) is 0 Å². The highest BCUT2D eigenvalue weighted by molar-refractivity contribution is 9.10. The Bertz CT molecular complexity index is 475. The summed E-state index contributed by atoms with van der Waals surface area (Å²) in [5.41, 5.74) is 1.22. The van der Waals surface area contributed by atoms with Crippen molar-refractivity contribution in [1.82, 2.24) is 15.1 Å². The second kappa shape index (κ2) is 4.44. The van der Waals surface area contributed by atoms with Crippen LogP contribution in [0.15, 0.2) is 27.4 Å². The molecule has 0 N–H and O–H groups in total. The first kappa shape index (κ1) is 11.8. The summed E-state index contributed by atoms with van der Waals surface area (Å²) < 4.78 is 1.65. The van der Waals surface area contributed by atoms with Gasteiger partial charge in [0.05, 0.1) is 0 Å². The van der Waals surface area contributed by atoms with Crippen LogP contribution in [0.1, 0.15) is 24.3 Å². The van der Waals surface area contributed by atoms with Gasteiger partial charge in [0.15, 0.2) is 0 Å². The summed E-state index contributed by atoms with van der Waals surface area (Å²) in [5.74, 6) is 0.417. The Labute approximate surface area is 118 Å². The number of rotatable bonds is 1. The van der Waals surface area contributed by atoms with Crippen molar-refractivity contribution >= 4 is 31.9 Å². The normalized spacial score (nSPS) is 32.1. The maximum atomic E-state index is 4.13. The molecule has 3 rings (SSSR count). The highest BCUT2D eigenvalue weighted by Crippen LogP contribution is 2.40. The first-order chi connectivity index (χ1) is 8.16. The zero-order valence-electron chi connectivity index (χ0n) is 9.48. The summed E-state index contributed by atoms with van der Waals surface area (Å²) in [4.78, 5) is 2.48. The number of hydrogen-bond acceptors (Lipinski definition) is 3. The molecule has 3 atom stereocenters. The molecule has 0 aromatic carbocycles. The fraction of sp³-hybridized carbons (Fsp3) is 0.500. The third-order valence-corrected chi connectivity index (χ3v) is 4.87. The number of fused-ring (bicyclic) bond motifs is 2. The van der Waals surface area contributed by atoms with Gasteiger partial charge in [-0.1, -0.05) is 12.2 Å². The quantitative estimate of drug-likeness (QED) is 0.722. The Morgan fingerprint density at radius 3 is 2.88 bits per heavy atom. The van der Waals surface area contributed by atoms with Crippen LogP contribution < -0.4 is 0 Å². The van der Waals surface area contributed by atoms with E-state index in [4.69, 9.17) is 0 Å². The molecular formula is C12H13Br2N3. The third-order valence-electron chi connectivity index (χ3n) is 3.86. The lowest BCUT2D eigenvalue weighted by Gasteiger charge is -2.33. The molecule has 1 fully saturated rings. The van der Waals surface area contributed by atoms with Gasteiger partial charge in [-0.25, -0.2) is 0 Å². The summed E-state index contributed by atoms with van der Waals surface area (Å²) >= 11 is 6.91. The Hall–Kier alpha value is -0.260. The van der Waals surface area contributed by atoms with Crippen molar-refractivity contribution in [2.24, 2.45) is 0 Å². The van der Waals surface area contributed by atoms with Crippen molar-refractivity contribution < 1.29 is 0 Å². The minimum atomic E-state index is 0.417. The van der Waals surface area contributed by atoms with Crippen LogP contribution in [-0.2, 0) is 0 Å². The molecule has 0 aliphatic carbocycles. The van der Waals surface area contributed by atoms with Crippen molar-refractivity contribution in [2.75, 3.05) is 7.05 Å². The molecule has 2 aliphatic heterocycles. The average Bonchev–Trinajstić information content (AvgIpc) is 2.56. The van der Waals surface area contributed by atoms with E-state index in [1.54, 1.807) is 0 Å². The molecule has 90 valence electrons. The minimum Gasteiger partial charge on any atom is -0.296 e. The Morgan fingerprint density at radius 1 is 1.24 bits per heavy atom. The van der Waals surface area contributed by atoms with E-state index < -0.39 is 0 Å². The summed E-state index contributed by atoms with van der Waals surface area (Å²) in [6.07, 6.45) is 7.18. The Balaban J connectivity index is 2.02. The van der Waals surface area contributed by atoms with E-state index in [1.807, 2.05) is 0 Å². The predicted molar refractivity (Wildman–Crippen MR) is 73.9 cm³/mol. The van der Waals surface area contributed by atoms with Crippen LogP contribution in [0.3, 0.4) is 0 Å². The van der Waals surface area contributed by atoms with Gasteiger partial charge < -0.3 is 0 Å². The molecule has 1 aromatic rings. The van der Waals surface area contributed by atoms with Gasteiger partial charge in [-0.05, 0) is 63.4 Å². The molecule has 1 saturated heterocycles. The maximum Gasteiger partial charge on any atom is 0.132 e. The lowest BCUT2D eigenvalue weighted by Crippen LogP contribution is -2.38. The second-order valence-corrected chi connectivity index (χ2v) is 6.27. The monoisotopic (exact) mass is 357 g/mol. The van der Waals surface area contributed by atoms with Gasteiger partial charge in [-0.15, -0.1) is 10.2 Å². The van der Waals surface area contributed by atoms with Crippen LogP contribution >= 0.6 is 31.9 Å². The fourth-order valence-corrected chi connectivity index (χ4v) is 3.73. The second-order valence-electron chi connectivity index (χ2n) is 4.70. The number of aromatic nitrogens is 2. The Kier molecular flexibility index (Phi) is 3.09. The molecule has 5 heteroatoms. The van der Waals surface area contributed by atoms with Crippen LogP contribution in [0, 0.1) is 0 Å². The van der Waals surface area contributed by atoms with Crippen LogP contribution in [0.5, 0.6) is 0 Å². The van der Waals surface area contributed by atoms with E-state index >= 15 is 0 Å². The topological polar surface area (TPSA) is 29.0 Å². The van der Waals surface area contributed by atoms with E-state index in [-0.39, 0.29) is 0 Å². The first-order valence-corrected chi connectivity index (χ1v) is 7.34. The average molecular weight is 359 g/mol. The Morgan fingerprint density at radius 2 is 2.06 bits per heavy atom. The van der Waals surface area contributed by atoms with E-state index in [1.165, 1.54) is 18.4 Å². The molecule has 17 heavy (non-hydrogen) atoms. The molecule has 0 radical (unpaired) electrons. The summed E-state index contributed by atoms with van der Waals surface area (Å²) in [6.45, 7) is 0. The van der Waals surface area contributed by atoms with Gasteiger partial charge in [-0.3, -0.25) is 4.90 Å². The lowest BCUT2D eigenvalue weighted by molar-refractivity contribution is 0.241. The highest BCUT2D eigenvalue weighted by Gasteiger charge is 2.38. The largest absolute Gasteiger partial charge is 0.296 e. The van der Waals surface area contributed by atoms with Crippen molar-refractivity contribution in [3.05, 3.63) is 33.0 Å². The molecule has 0 saturated carbocycles. The predicted octanol–water partition coefficient (Wildman–Crippen LogP) is 3.12. The molecule has 2 bridgehead atoms. The van der Waals surface area contributed by atoms with Gasteiger partial charge in [0.2, 0.25) is 0 Å². The van der Waals surface area contributed by atoms with E-state index in [9.17, 15) is 0 Å². The molecule has 2 aliphatic rings. The number of likely N-dealkylation sites (N-methyl/N-ethyl adjacent to an activating group) is 1. The van der Waals surface area contributed by atoms with Gasteiger partial charge in [0.1, 0.15) is 9.21 Å². The summed E-state index contributed by atoms with van der Waals surface area (Å²) in [6, 6.07) is 3.30. The minimum absolute atomic E-state index is 0.417. The molecule has 3 nitrogen and oxygen atoms in total. The van der Waals surface area contributed by atoms with E-state index in [0.29, 0.717) is 18.0 Å². The van der Waals surface area contributed by atoms with Crippen LogP contribution in [0.25, 0.3) is 0 Å². The van der Waals surface area contributed by atoms with Gasteiger partial charge >= 0.3 is 0 Å². The van der Waals surface area contributed by atoms with Gasteiger partial charge in [0, 0.05) is 18.0 Å². The molecule has 3 heterocycles. The van der Waals surface area contributed by atoms with Crippen LogP contribution in [0.4, 0.5) is 0 Å².